The Kier molecular flexibility index (Phi) is 6.72. The van der Waals surface area contributed by atoms with Crippen LogP contribution >= 0.6 is 12.2 Å². The predicted octanol–water partition coefficient (Wildman–Crippen LogP) is 0.287. The zero-order valence-corrected chi connectivity index (χ0v) is 13.3. The van der Waals surface area contributed by atoms with Crippen LogP contribution in [0.15, 0.2) is 24.3 Å². The van der Waals surface area contributed by atoms with Crippen LogP contribution in [0.3, 0.4) is 0 Å². The molecule has 1 aromatic rings. The normalized spacial score (nSPS) is 15.5. The van der Waals surface area contributed by atoms with Crippen molar-refractivity contribution in [2.24, 2.45) is 0 Å². The third-order valence-corrected chi connectivity index (χ3v) is 3.79. The van der Waals surface area contributed by atoms with E-state index in [-0.39, 0.29) is 0 Å². The molecule has 116 valence electrons. The van der Waals surface area contributed by atoms with Crippen molar-refractivity contribution in [2.45, 2.75) is 6.42 Å². The van der Waals surface area contributed by atoms with Crippen molar-refractivity contribution in [3.63, 3.8) is 0 Å². The number of hydrogen-bond acceptors (Lipinski definition) is 3. The summed E-state index contributed by atoms with van der Waals surface area (Å²) in [6.45, 7) is 6.08. The molecule has 0 aromatic heterocycles. The largest absolute Gasteiger partial charge is 0.497 e. The molecule has 0 atom stereocenters. The van der Waals surface area contributed by atoms with E-state index in [1.165, 1.54) is 6.54 Å². The topological polar surface area (TPSA) is 47.0 Å². The molecule has 0 spiro atoms. The van der Waals surface area contributed by atoms with Crippen molar-refractivity contribution in [3.8, 4) is 5.75 Å². The van der Waals surface area contributed by atoms with Crippen LogP contribution in [0.1, 0.15) is 6.42 Å². The van der Waals surface area contributed by atoms with Gasteiger partial charge in [0, 0.05) is 18.7 Å². The summed E-state index contributed by atoms with van der Waals surface area (Å²) >= 11 is 5.29. The second-order valence-electron chi connectivity index (χ2n) is 5.08. The highest BCUT2D eigenvalue weighted by atomic mass is 32.1. The molecule has 1 aliphatic heterocycles. The van der Waals surface area contributed by atoms with Crippen LogP contribution in [0, 0.1) is 0 Å². The van der Waals surface area contributed by atoms with Crippen LogP contribution in [0.5, 0.6) is 5.75 Å². The van der Waals surface area contributed by atoms with Gasteiger partial charge in [-0.2, -0.15) is 0 Å². The van der Waals surface area contributed by atoms with E-state index in [4.69, 9.17) is 21.7 Å². The zero-order valence-electron chi connectivity index (χ0n) is 12.5. The summed E-state index contributed by atoms with van der Waals surface area (Å²) in [5.74, 6) is 0.841. The van der Waals surface area contributed by atoms with E-state index >= 15 is 0 Å². The molecule has 1 saturated heterocycles. The van der Waals surface area contributed by atoms with Gasteiger partial charge >= 0.3 is 0 Å². The van der Waals surface area contributed by atoms with Crippen LogP contribution in [-0.4, -0.2) is 51.6 Å². The first-order valence-corrected chi connectivity index (χ1v) is 7.79. The molecule has 5 nitrogen and oxygen atoms in total. The van der Waals surface area contributed by atoms with Gasteiger partial charge in [-0.05, 0) is 36.5 Å². The SMILES string of the molecule is COc1ccc(NC(=S)NCCC[NH+]2CCOCC2)cc1. The van der Waals surface area contributed by atoms with Gasteiger partial charge in [0.15, 0.2) is 5.11 Å². The number of benzene rings is 1. The minimum atomic E-state index is 0.664. The Morgan fingerprint density at radius 1 is 1.29 bits per heavy atom. The number of nitrogens with one attached hydrogen (secondary N) is 3. The summed E-state index contributed by atoms with van der Waals surface area (Å²) in [5.41, 5.74) is 0.965. The molecule has 0 bridgehead atoms. The summed E-state index contributed by atoms with van der Waals surface area (Å²) in [5, 5.41) is 7.08. The average molecular weight is 310 g/mol. The lowest BCUT2D eigenvalue weighted by Gasteiger charge is -2.23. The summed E-state index contributed by atoms with van der Waals surface area (Å²) in [7, 11) is 1.66. The summed E-state index contributed by atoms with van der Waals surface area (Å²) in [4.78, 5) is 1.62. The fraction of sp³-hybridized carbons (Fsp3) is 0.533. The highest BCUT2D eigenvalue weighted by Crippen LogP contribution is 2.14. The van der Waals surface area contributed by atoms with Crippen LogP contribution in [-0.2, 0) is 4.74 Å². The van der Waals surface area contributed by atoms with Crippen molar-refractivity contribution < 1.29 is 14.4 Å². The molecule has 21 heavy (non-hydrogen) atoms. The van der Waals surface area contributed by atoms with E-state index in [0.717, 1.165) is 50.7 Å². The van der Waals surface area contributed by atoms with Gasteiger partial charge in [0.1, 0.15) is 18.8 Å². The van der Waals surface area contributed by atoms with Crippen molar-refractivity contribution >= 4 is 23.0 Å². The number of morpholine rings is 1. The van der Waals surface area contributed by atoms with Crippen molar-refractivity contribution in [2.75, 3.05) is 51.8 Å². The van der Waals surface area contributed by atoms with Crippen LogP contribution < -0.4 is 20.3 Å². The Morgan fingerprint density at radius 2 is 2.00 bits per heavy atom. The third kappa shape index (κ3) is 5.87. The fourth-order valence-electron chi connectivity index (χ4n) is 2.30. The molecule has 1 heterocycles. The van der Waals surface area contributed by atoms with Crippen LogP contribution in [0.25, 0.3) is 0 Å². The van der Waals surface area contributed by atoms with Crippen LogP contribution in [0.2, 0.25) is 0 Å². The van der Waals surface area contributed by atoms with Crippen molar-refractivity contribution in [3.05, 3.63) is 24.3 Å². The molecule has 1 aliphatic rings. The first kappa shape index (κ1) is 16.0. The minimum Gasteiger partial charge on any atom is -0.497 e. The molecular weight excluding hydrogens is 286 g/mol. The number of ether oxygens (including phenoxy) is 2. The lowest BCUT2D eigenvalue weighted by molar-refractivity contribution is -0.908. The number of methoxy groups -OCH3 is 1. The van der Waals surface area contributed by atoms with E-state index in [0.29, 0.717) is 5.11 Å². The second kappa shape index (κ2) is 8.81. The Hall–Kier alpha value is -1.37. The lowest BCUT2D eigenvalue weighted by atomic mass is 10.3. The number of rotatable bonds is 6. The molecule has 0 unspecified atom stereocenters. The highest BCUT2D eigenvalue weighted by molar-refractivity contribution is 7.80. The third-order valence-electron chi connectivity index (χ3n) is 3.54. The molecule has 0 radical (unpaired) electrons. The smallest absolute Gasteiger partial charge is 0.170 e. The van der Waals surface area contributed by atoms with E-state index in [2.05, 4.69) is 10.6 Å². The quantitative estimate of drug-likeness (QED) is 0.521. The Morgan fingerprint density at radius 3 is 2.67 bits per heavy atom. The number of quaternary nitrogens is 1. The Bertz CT molecular complexity index is 433. The highest BCUT2D eigenvalue weighted by Gasteiger charge is 2.12. The average Bonchev–Trinajstić information content (AvgIpc) is 2.53. The first-order valence-electron chi connectivity index (χ1n) is 7.38. The van der Waals surface area contributed by atoms with Gasteiger partial charge in [0.05, 0.1) is 26.9 Å². The van der Waals surface area contributed by atoms with Gasteiger partial charge in [-0.25, -0.2) is 0 Å². The van der Waals surface area contributed by atoms with E-state index in [9.17, 15) is 0 Å². The Balaban J connectivity index is 1.60. The predicted molar refractivity (Wildman–Crippen MR) is 88.2 cm³/mol. The summed E-state index contributed by atoms with van der Waals surface area (Å²) < 4.78 is 10.5. The summed E-state index contributed by atoms with van der Waals surface area (Å²) in [6, 6.07) is 7.72. The van der Waals surface area contributed by atoms with Crippen molar-refractivity contribution in [1.29, 1.82) is 0 Å². The first-order chi connectivity index (χ1) is 10.3. The molecule has 1 fully saturated rings. The minimum absolute atomic E-state index is 0.664. The van der Waals surface area contributed by atoms with Gasteiger partial charge in [0.2, 0.25) is 0 Å². The zero-order chi connectivity index (χ0) is 14.9. The van der Waals surface area contributed by atoms with Gasteiger partial charge in [-0.3, -0.25) is 0 Å². The number of hydrogen-bond donors (Lipinski definition) is 3. The van der Waals surface area contributed by atoms with Crippen LogP contribution in [0.4, 0.5) is 5.69 Å². The molecule has 3 N–H and O–H groups in total. The molecule has 0 amide bonds. The van der Waals surface area contributed by atoms with E-state index in [1.807, 2.05) is 24.3 Å². The molecular formula is C15H24N3O2S+. The second-order valence-corrected chi connectivity index (χ2v) is 5.48. The monoisotopic (exact) mass is 310 g/mol. The molecule has 0 aliphatic carbocycles. The Labute approximate surface area is 131 Å². The maximum absolute atomic E-state index is 5.35. The van der Waals surface area contributed by atoms with Gasteiger partial charge in [-0.15, -0.1) is 0 Å². The molecule has 1 aromatic carbocycles. The van der Waals surface area contributed by atoms with Gasteiger partial charge < -0.3 is 25.0 Å². The fourth-order valence-corrected chi connectivity index (χ4v) is 2.52. The van der Waals surface area contributed by atoms with E-state index < -0.39 is 0 Å². The lowest BCUT2D eigenvalue weighted by Crippen LogP contribution is -3.14. The summed E-state index contributed by atoms with van der Waals surface area (Å²) in [6.07, 6.45) is 1.11. The van der Waals surface area contributed by atoms with E-state index in [1.54, 1.807) is 12.0 Å². The van der Waals surface area contributed by atoms with Gasteiger partial charge in [-0.1, -0.05) is 0 Å². The van der Waals surface area contributed by atoms with Gasteiger partial charge in [0.25, 0.3) is 0 Å². The maximum Gasteiger partial charge on any atom is 0.170 e. The number of thiocarbonyl (C=S) groups is 1. The molecule has 0 saturated carbocycles. The molecule has 2 rings (SSSR count). The molecule has 6 heteroatoms. The standard InChI is InChI=1S/C15H23N3O2S/c1-19-14-5-3-13(4-6-14)17-15(21)16-7-2-8-18-9-11-20-12-10-18/h3-6H,2,7-12H2,1H3,(H2,16,17,21)/p+1. The maximum atomic E-state index is 5.35. The van der Waals surface area contributed by atoms with Crippen molar-refractivity contribution in [1.82, 2.24) is 5.32 Å². The number of anilines is 1.